The monoisotopic (exact) mass is 682 g/mol. The SMILES string of the molecule is CC1C=CC=C(C2=CC(C3CC=CCC3)CC(n3c4c(c5cc(N6c7ccc8c(c7C7C=CCCC76)OC6CCC=CC86)ccc53)C=CCC4)=C2)C1. The van der Waals surface area contributed by atoms with Crippen molar-refractivity contribution < 1.29 is 4.74 Å². The molecule has 52 heavy (non-hydrogen) atoms. The van der Waals surface area contributed by atoms with Crippen molar-refractivity contribution in [2.75, 3.05) is 4.90 Å². The number of allylic oxidation sites excluding steroid dienone is 13. The molecule has 3 heterocycles. The third kappa shape index (κ3) is 4.84. The van der Waals surface area contributed by atoms with E-state index in [9.17, 15) is 0 Å². The lowest BCUT2D eigenvalue weighted by Gasteiger charge is -2.32. The number of ether oxygens (including phenoxy) is 1. The quantitative estimate of drug-likeness (QED) is 0.255. The molecule has 6 aliphatic carbocycles. The molecular weight excluding hydrogens is 633 g/mol. The lowest BCUT2D eigenvalue weighted by atomic mass is 9.76. The van der Waals surface area contributed by atoms with Crippen molar-refractivity contribution in [2.45, 2.75) is 102 Å². The summed E-state index contributed by atoms with van der Waals surface area (Å²) in [5.74, 6) is 3.81. The third-order valence-electron chi connectivity index (χ3n) is 13.7. The van der Waals surface area contributed by atoms with Gasteiger partial charge in [-0.1, -0.05) is 85.9 Å². The molecule has 7 atom stereocenters. The molecule has 0 amide bonds. The maximum atomic E-state index is 6.87. The van der Waals surface area contributed by atoms with Crippen LogP contribution in [0.2, 0.25) is 0 Å². The van der Waals surface area contributed by atoms with Crippen LogP contribution in [0.5, 0.6) is 5.75 Å². The van der Waals surface area contributed by atoms with Crippen molar-refractivity contribution in [1.82, 2.24) is 4.57 Å². The lowest BCUT2D eigenvalue weighted by molar-refractivity contribution is 0.203. The Bertz CT molecular complexity index is 2230. The number of benzene rings is 2. The fourth-order valence-electron chi connectivity index (χ4n) is 11.3. The fraction of sp³-hybridized carbons (Fsp3) is 0.388. The van der Waals surface area contributed by atoms with Crippen LogP contribution in [-0.4, -0.2) is 16.7 Å². The van der Waals surface area contributed by atoms with E-state index < -0.39 is 0 Å². The van der Waals surface area contributed by atoms with E-state index in [4.69, 9.17) is 4.74 Å². The minimum atomic E-state index is 0.286. The summed E-state index contributed by atoms with van der Waals surface area (Å²) in [4.78, 5) is 2.69. The van der Waals surface area contributed by atoms with Gasteiger partial charge in [0.25, 0.3) is 0 Å². The number of hydrogen-bond donors (Lipinski definition) is 0. The summed E-state index contributed by atoms with van der Waals surface area (Å²) in [6, 6.07) is 12.7. The first-order valence-corrected chi connectivity index (χ1v) is 20.4. The highest BCUT2D eigenvalue weighted by molar-refractivity contribution is 5.97. The molecule has 0 spiro atoms. The van der Waals surface area contributed by atoms with Crippen LogP contribution < -0.4 is 9.64 Å². The Morgan fingerprint density at radius 3 is 2.63 bits per heavy atom. The number of hydrogen-bond acceptors (Lipinski definition) is 2. The maximum Gasteiger partial charge on any atom is 0.129 e. The van der Waals surface area contributed by atoms with Crippen LogP contribution in [0.15, 0.2) is 114 Å². The van der Waals surface area contributed by atoms with Gasteiger partial charge in [0.05, 0.1) is 5.52 Å². The Labute approximate surface area is 309 Å². The zero-order chi connectivity index (χ0) is 34.3. The zero-order valence-corrected chi connectivity index (χ0v) is 30.5. The number of aromatic nitrogens is 1. The minimum Gasteiger partial charge on any atom is -0.489 e. The number of anilines is 2. The van der Waals surface area contributed by atoms with E-state index in [1.807, 2.05) is 0 Å². The second-order valence-corrected chi connectivity index (χ2v) is 16.8. The first-order chi connectivity index (χ1) is 25.7. The highest BCUT2D eigenvalue weighted by Gasteiger charge is 2.45. The molecule has 0 N–H and O–H groups in total. The highest BCUT2D eigenvalue weighted by atomic mass is 16.5. The molecule has 0 saturated carbocycles. The second kappa shape index (κ2) is 12.3. The lowest BCUT2D eigenvalue weighted by Crippen LogP contribution is -2.30. The summed E-state index contributed by atoms with van der Waals surface area (Å²) in [7, 11) is 0. The van der Waals surface area contributed by atoms with Crippen molar-refractivity contribution in [3.8, 4) is 5.75 Å². The van der Waals surface area contributed by atoms with Gasteiger partial charge in [0.15, 0.2) is 0 Å². The molecule has 262 valence electrons. The molecule has 0 saturated heterocycles. The highest BCUT2D eigenvalue weighted by Crippen LogP contribution is 2.57. The number of fused-ring (bicyclic) bond motifs is 10. The van der Waals surface area contributed by atoms with Gasteiger partial charge in [-0.3, -0.25) is 0 Å². The number of rotatable bonds is 4. The molecule has 7 unspecified atom stereocenters. The average molecular weight is 683 g/mol. The summed E-state index contributed by atoms with van der Waals surface area (Å²) < 4.78 is 9.57. The van der Waals surface area contributed by atoms with Gasteiger partial charge >= 0.3 is 0 Å². The molecule has 0 radical (unpaired) electrons. The Balaban J connectivity index is 1.03. The standard InChI is InChI=1S/C49H50N2O/c1-31-12-11-15-33(26-31)35-27-34(32-13-3-2-4-14-32)28-37(29-35)51-43-19-8-5-16-38(43)42-30-36(22-24-45(42)51)50-44-20-9-6-18-41(44)48-46(50)25-23-40-39-17-7-10-21-47(39)52-49(40)48/h2-3,5-7,11-12,15-18,22-25,27,29-32,34,39,41,44,47H,4,8-10,13-14,19-21,26,28H2,1H3. The molecule has 1 aromatic heterocycles. The van der Waals surface area contributed by atoms with Gasteiger partial charge in [-0.2, -0.15) is 0 Å². The van der Waals surface area contributed by atoms with Crippen LogP contribution in [0.3, 0.4) is 0 Å². The zero-order valence-electron chi connectivity index (χ0n) is 30.5. The molecule has 11 rings (SSSR count). The summed E-state index contributed by atoms with van der Waals surface area (Å²) in [6.45, 7) is 2.36. The number of nitrogens with zero attached hydrogens (tertiary/aromatic N) is 2. The van der Waals surface area contributed by atoms with Gasteiger partial charge in [-0.15, -0.1) is 0 Å². The molecular formula is C49H50N2O. The second-order valence-electron chi connectivity index (χ2n) is 16.8. The fourth-order valence-corrected chi connectivity index (χ4v) is 11.3. The third-order valence-corrected chi connectivity index (χ3v) is 13.7. The van der Waals surface area contributed by atoms with Gasteiger partial charge in [0, 0.05) is 62.7 Å². The smallest absolute Gasteiger partial charge is 0.129 e. The van der Waals surface area contributed by atoms with Crippen LogP contribution >= 0.6 is 0 Å². The van der Waals surface area contributed by atoms with Crippen molar-refractivity contribution in [2.24, 2.45) is 17.8 Å². The first-order valence-electron chi connectivity index (χ1n) is 20.4. The summed E-state index contributed by atoms with van der Waals surface area (Å²) in [6.07, 6.45) is 44.6. The van der Waals surface area contributed by atoms with Gasteiger partial charge in [-0.25, -0.2) is 0 Å². The van der Waals surface area contributed by atoms with Gasteiger partial charge in [-0.05, 0) is 130 Å². The molecule has 2 aliphatic heterocycles. The molecule has 8 aliphatic rings. The Morgan fingerprint density at radius 1 is 0.827 bits per heavy atom. The first kappa shape index (κ1) is 31.1. The molecule has 0 bridgehead atoms. The molecule has 3 nitrogen and oxygen atoms in total. The van der Waals surface area contributed by atoms with E-state index in [1.54, 1.807) is 0 Å². The Kier molecular flexibility index (Phi) is 7.34. The van der Waals surface area contributed by atoms with Crippen molar-refractivity contribution in [3.05, 3.63) is 137 Å². The topological polar surface area (TPSA) is 17.4 Å². The van der Waals surface area contributed by atoms with Crippen LogP contribution in [0.1, 0.15) is 105 Å². The van der Waals surface area contributed by atoms with Gasteiger partial charge in [0.1, 0.15) is 11.9 Å². The summed E-state index contributed by atoms with van der Waals surface area (Å²) in [5.41, 5.74) is 14.3. The maximum absolute atomic E-state index is 6.87. The van der Waals surface area contributed by atoms with Crippen molar-refractivity contribution in [1.29, 1.82) is 0 Å². The average Bonchev–Trinajstić information content (AvgIpc) is 3.85. The minimum absolute atomic E-state index is 0.286. The molecule has 2 aromatic carbocycles. The van der Waals surface area contributed by atoms with Gasteiger partial charge in [0.2, 0.25) is 0 Å². The largest absolute Gasteiger partial charge is 0.489 e. The molecule has 0 fully saturated rings. The Hall–Kier alpha value is -4.50. The van der Waals surface area contributed by atoms with E-state index in [0.29, 0.717) is 35.6 Å². The summed E-state index contributed by atoms with van der Waals surface area (Å²) in [5, 5.41) is 1.40. The van der Waals surface area contributed by atoms with Crippen LogP contribution in [0, 0.1) is 17.8 Å². The van der Waals surface area contributed by atoms with E-state index in [-0.39, 0.29) is 6.10 Å². The van der Waals surface area contributed by atoms with Crippen LogP contribution in [-0.2, 0) is 6.42 Å². The normalized spacial score (nSPS) is 31.0. The van der Waals surface area contributed by atoms with E-state index in [2.05, 4.69) is 126 Å². The van der Waals surface area contributed by atoms with Gasteiger partial charge < -0.3 is 14.2 Å². The Morgan fingerprint density at radius 2 is 1.73 bits per heavy atom. The van der Waals surface area contributed by atoms with E-state index in [0.717, 1.165) is 51.4 Å². The summed E-state index contributed by atoms with van der Waals surface area (Å²) >= 11 is 0. The predicted octanol–water partition coefficient (Wildman–Crippen LogP) is 12.4. The molecule has 3 aromatic rings. The predicted molar refractivity (Wildman–Crippen MR) is 216 cm³/mol. The molecule has 3 heteroatoms. The van der Waals surface area contributed by atoms with Crippen molar-refractivity contribution in [3.63, 3.8) is 0 Å². The van der Waals surface area contributed by atoms with Crippen LogP contribution in [0.4, 0.5) is 11.4 Å². The van der Waals surface area contributed by atoms with Crippen molar-refractivity contribution >= 4 is 34.1 Å². The van der Waals surface area contributed by atoms with Crippen LogP contribution in [0.25, 0.3) is 22.7 Å². The van der Waals surface area contributed by atoms with E-state index >= 15 is 0 Å². The van der Waals surface area contributed by atoms with E-state index in [1.165, 1.54) is 86.5 Å².